The fourth-order valence-electron chi connectivity index (χ4n) is 1.58. The summed E-state index contributed by atoms with van der Waals surface area (Å²) in [6.45, 7) is 0.837. The van der Waals surface area contributed by atoms with E-state index in [0.29, 0.717) is 0 Å². The Morgan fingerprint density at radius 1 is 1.31 bits per heavy atom. The molecule has 0 bridgehead atoms. The Kier molecular flexibility index (Phi) is 2.46. The van der Waals surface area contributed by atoms with Gasteiger partial charge in [-0.2, -0.15) is 0 Å². The smallest absolute Gasteiger partial charge is 0.00430 e. The molecule has 1 aliphatic carbocycles. The van der Waals surface area contributed by atoms with Crippen molar-refractivity contribution in [3.63, 3.8) is 0 Å². The molecule has 2 atom stereocenters. The molecule has 0 spiro atoms. The topological polar surface area (TPSA) is 26.0 Å². The molecule has 1 aromatic rings. The van der Waals surface area contributed by atoms with Crippen LogP contribution in [0.25, 0.3) is 6.08 Å². The maximum atomic E-state index is 5.56. The number of allylic oxidation sites excluding steroid dienone is 1. The van der Waals surface area contributed by atoms with E-state index < -0.39 is 0 Å². The number of benzene rings is 1. The summed E-state index contributed by atoms with van der Waals surface area (Å²) in [6.07, 6.45) is 5.76. The van der Waals surface area contributed by atoms with Gasteiger partial charge in [0, 0.05) is 0 Å². The minimum Gasteiger partial charge on any atom is -0.330 e. The lowest BCUT2D eigenvalue weighted by Crippen LogP contribution is -2.01. The van der Waals surface area contributed by atoms with Crippen LogP contribution in [0.2, 0.25) is 0 Å². The first-order valence-electron chi connectivity index (χ1n) is 4.83. The van der Waals surface area contributed by atoms with Crippen LogP contribution in [-0.4, -0.2) is 6.54 Å². The Bertz CT molecular complexity index is 289. The highest BCUT2D eigenvalue weighted by molar-refractivity contribution is 5.49. The molecular formula is C12H15N. The predicted molar refractivity (Wildman–Crippen MR) is 56.1 cm³/mol. The highest BCUT2D eigenvalue weighted by atomic mass is 14.6. The molecule has 68 valence electrons. The van der Waals surface area contributed by atoms with Gasteiger partial charge in [-0.15, -0.1) is 0 Å². The maximum absolute atomic E-state index is 5.56. The van der Waals surface area contributed by atoms with Gasteiger partial charge in [0.1, 0.15) is 0 Å². The Morgan fingerprint density at radius 3 is 2.69 bits per heavy atom. The van der Waals surface area contributed by atoms with E-state index in [4.69, 9.17) is 5.73 Å². The van der Waals surface area contributed by atoms with Crippen molar-refractivity contribution in [1.29, 1.82) is 0 Å². The molecule has 0 aliphatic heterocycles. The number of nitrogens with two attached hydrogens (primary N) is 1. The van der Waals surface area contributed by atoms with Crippen molar-refractivity contribution in [1.82, 2.24) is 0 Å². The highest BCUT2D eigenvalue weighted by Crippen LogP contribution is 2.38. The average molecular weight is 173 g/mol. The second-order valence-electron chi connectivity index (χ2n) is 3.67. The minimum atomic E-state index is 0.741. The van der Waals surface area contributed by atoms with Gasteiger partial charge in [0.25, 0.3) is 0 Å². The van der Waals surface area contributed by atoms with Crippen LogP contribution in [0.3, 0.4) is 0 Å². The first-order valence-corrected chi connectivity index (χ1v) is 4.83. The summed E-state index contributed by atoms with van der Waals surface area (Å²) in [5, 5.41) is 0. The lowest BCUT2D eigenvalue weighted by atomic mass is 10.2. The van der Waals surface area contributed by atoms with E-state index in [1.807, 2.05) is 6.07 Å². The molecule has 0 aromatic heterocycles. The van der Waals surface area contributed by atoms with Crippen molar-refractivity contribution in [2.24, 2.45) is 17.6 Å². The molecule has 2 rings (SSSR count). The van der Waals surface area contributed by atoms with Gasteiger partial charge in [-0.05, 0) is 30.4 Å². The summed E-state index contributed by atoms with van der Waals surface area (Å²) in [6, 6.07) is 10.4. The monoisotopic (exact) mass is 173 g/mol. The molecule has 1 fully saturated rings. The molecule has 1 nitrogen and oxygen atoms in total. The highest BCUT2D eigenvalue weighted by Gasteiger charge is 2.32. The van der Waals surface area contributed by atoms with Crippen LogP contribution in [0, 0.1) is 11.8 Å². The Morgan fingerprint density at radius 2 is 2.08 bits per heavy atom. The molecule has 1 saturated carbocycles. The van der Waals surface area contributed by atoms with Crippen LogP contribution in [0.4, 0.5) is 0 Å². The fourth-order valence-corrected chi connectivity index (χ4v) is 1.58. The van der Waals surface area contributed by atoms with Crippen LogP contribution < -0.4 is 5.73 Å². The van der Waals surface area contributed by atoms with E-state index in [1.165, 1.54) is 12.0 Å². The summed E-state index contributed by atoms with van der Waals surface area (Å²) >= 11 is 0. The zero-order chi connectivity index (χ0) is 9.10. The first kappa shape index (κ1) is 8.52. The molecule has 0 radical (unpaired) electrons. The summed E-state index contributed by atoms with van der Waals surface area (Å²) in [5.74, 6) is 1.49. The molecule has 0 saturated heterocycles. The first-order chi connectivity index (χ1) is 6.40. The van der Waals surface area contributed by atoms with E-state index >= 15 is 0 Å². The molecule has 13 heavy (non-hydrogen) atoms. The van der Waals surface area contributed by atoms with Gasteiger partial charge in [0.2, 0.25) is 0 Å². The van der Waals surface area contributed by atoms with Crippen LogP contribution in [0.15, 0.2) is 36.4 Å². The molecule has 1 heteroatoms. The Balaban J connectivity index is 1.92. The van der Waals surface area contributed by atoms with E-state index in [1.54, 1.807) is 0 Å². The standard InChI is InChI=1S/C12H15N/c13-9-12-8-11(12)7-6-10-4-2-1-3-5-10/h1-7,11-12H,8-9,13H2/b7-6+/t11-,12+/m1/s1. The third-order valence-electron chi connectivity index (χ3n) is 2.62. The number of hydrogen-bond acceptors (Lipinski definition) is 1. The van der Waals surface area contributed by atoms with Gasteiger partial charge in [0.05, 0.1) is 0 Å². The van der Waals surface area contributed by atoms with Gasteiger partial charge in [-0.1, -0.05) is 42.5 Å². The third-order valence-corrected chi connectivity index (χ3v) is 2.62. The number of rotatable bonds is 3. The van der Waals surface area contributed by atoms with Crippen molar-refractivity contribution in [3.05, 3.63) is 42.0 Å². The summed E-state index contributed by atoms with van der Waals surface area (Å²) in [7, 11) is 0. The second kappa shape index (κ2) is 3.75. The van der Waals surface area contributed by atoms with Crippen molar-refractivity contribution in [2.75, 3.05) is 6.54 Å². The van der Waals surface area contributed by atoms with Crippen molar-refractivity contribution < 1.29 is 0 Å². The predicted octanol–water partition coefficient (Wildman–Crippen LogP) is 2.29. The van der Waals surface area contributed by atoms with Crippen LogP contribution in [-0.2, 0) is 0 Å². The SMILES string of the molecule is NC[C@@H]1C[C@H]1/C=C/c1ccccc1. The van der Waals surface area contributed by atoms with Crippen molar-refractivity contribution in [3.8, 4) is 0 Å². The normalized spacial score (nSPS) is 26.5. The molecule has 1 aromatic carbocycles. The van der Waals surface area contributed by atoms with E-state index in [-0.39, 0.29) is 0 Å². The van der Waals surface area contributed by atoms with Crippen LogP contribution in [0.5, 0.6) is 0 Å². The molecule has 0 unspecified atom stereocenters. The van der Waals surface area contributed by atoms with Gasteiger partial charge in [-0.3, -0.25) is 0 Å². The lowest BCUT2D eigenvalue weighted by Gasteiger charge is -1.91. The average Bonchev–Trinajstić information content (AvgIpc) is 2.95. The molecule has 0 amide bonds. The molecular weight excluding hydrogens is 158 g/mol. The van der Waals surface area contributed by atoms with E-state index in [0.717, 1.165) is 18.4 Å². The number of hydrogen-bond donors (Lipinski definition) is 1. The fraction of sp³-hybridized carbons (Fsp3) is 0.333. The zero-order valence-electron chi connectivity index (χ0n) is 7.69. The Hall–Kier alpha value is -1.08. The third kappa shape index (κ3) is 2.19. The summed E-state index contributed by atoms with van der Waals surface area (Å²) in [5.41, 5.74) is 6.84. The summed E-state index contributed by atoms with van der Waals surface area (Å²) in [4.78, 5) is 0. The molecule has 0 heterocycles. The maximum Gasteiger partial charge on any atom is -0.00430 e. The largest absolute Gasteiger partial charge is 0.330 e. The van der Waals surface area contributed by atoms with Crippen LogP contribution >= 0.6 is 0 Å². The van der Waals surface area contributed by atoms with E-state index in [2.05, 4.69) is 36.4 Å². The van der Waals surface area contributed by atoms with Gasteiger partial charge < -0.3 is 5.73 Å². The summed E-state index contributed by atoms with van der Waals surface area (Å²) < 4.78 is 0. The lowest BCUT2D eigenvalue weighted by molar-refractivity contribution is 0.799. The zero-order valence-corrected chi connectivity index (χ0v) is 7.69. The minimum absolute atomic E-state index is 0.741. The van der Waals surface area contributed by atoms with Crippen molar-refractivity contribution >= 4 is 6.08 Å². The molecule has 2 N–H and O–H groups in total. The Labute approximate surface area is 79.3 Å². The quantitative estimate of drug-likeness (QED) is 0.745. The van der Waals surface area contributed by atoms with Crippen LogP contribution in [0.1, 0.15) is 12.0 Å². The van der Waals surface area contributed by atoms with Crippen molar-refractivity contribution in [2.45, 2.75) is 6.42 Å². The van der Waals surface area contributed by atoms with Gasteiger partial charge >= 0.3 is 0 Å². The van der Waals surface area contributed by atoms with Gasteiger partial charge in [0.15, 0.2) is 0 Å². The van der Waals surface area contributed by atoms with E-state index in [9.17, 15) is 0 Å². The van der Waals surface area contributed by atoms with Gasteiger partial charge in [-0.25, -0.2) is 0 Å². The second-order valence-corrected chi connectivity index (χ2v) is 3.67. The molecule has 1 aliphatic rings.